The Morgan fingerprint density at radius 1 is 1.56 bits per heavy atom. The van der Waals surface area contributed by atoms with Gasteiger partial charge in [-0.15, -0.1) is 11.3 Å². The lowest BCUT2D eigenvalue weighted by Gasteiger charge is -2.31. The summed E-state index contributed by atoms with van der Waals surface area (Å²) >= 11 is 1.41. The van der Waals surface area contributed by atoms with Crippen LogP contribution in [-0.4, -0.2) is 21.8 Å². The van der Waals surface area contributed by atoms with Crippen LogP contribution in [0.3, 0.4) is 0 Å². The Labute approximate surface area is 97.3 Å². The minimum Gasteiger partial charge on any atom is -0.480 e. The molecule has 1 aliphatic carbocycles. The molecule has 5 heteroatoms. The number of hydrogen-bond acceptors (Lipinski definition) is 4. The summed E-state index contributed by atoms with van der Waals surface area (Å²) in [7, 11) is 0. The van der Waals surface area contributed by atoms with Crippen LogP contribution in [0.1, 0.15) is 30.6 Å². The molecule has 0 aromatic carbocycles. The molecule has 0 aliphatic heterocycles. The lowest BCUT2D eigenvalue weighted by Crippen LogP contribution is -2.43. The van der Waals surface area contributed by atoms with Crippen molar-refractivity contribution in [2.45, 2.75) is 32.1 Å². The van der Waals surface area contributed by atoms with Gasteiger partial charge >= 0.3 is 5.97 Å². The van der Waals surface area contributed by atoms with Crippen LogP contribution in [0.4, 0.5) is 0 Å². The number of carbonyl (C=O) groups is 2. The summed E-state index contributed by atoms with van der Waals surface area (Å²) in [5.41, 5.74) is 0.475. The normalized spacial score (nSPS) is 25.6. The second-order valence-corrected chi connectivity index (χ2v) is 5.13. The Balaban J connectivity index is 2.27. The molecule has 1 aromatic rings. The molecule has 0 bridgehead atoms. The SMILES string of the molecule is O=C(O)C1(Cc2cncs2)CCCCC1=O. The highest BCUT2D eigenvalue weighted by Crippen LogP contribution is 2.37. The molecular weight excluding hydrogens is 226 g/mol. The molecule has 1 heterocycles. The summed E-state index contributed by atoms with van der Waals surface area (Å²) in [6, 6.07) is 0. The van der Waals surface area contributed by atoms with Crippen molar-refractivity contribution in [1.82, 2.24) is 4.98 Å². The number of hydrogen-bond donors (Lipinski definition) is 1. The van der Waals surface area contributed by atoms with E-state index in [1.165, 1.54) is 11.3 Å². The smallest absolute Gasteiger partial charge is 0.317 e. The van der Waals surface area contributed by atoms with Gasteiger partial charge in [0.15, 0.2) is 5.78 Å². The maximum absolute atomic E-state index is 11.9. The van der Waals surface area contributed by atoms with Crippen molar-refractivity contribution in [3.8, 4) is 0 Å². The Hall–Kier alpha value is -1.23. The van der Waals surface area contributed by atoms with Gasteiger partial charge in [0, 0.05) is 23.9 Å². The second-order valence-electron chi connectivity index (χ2n) is 4.16. The number of nitrogens with zero attached hydrogens (tertiary/aromatic N) is 1. The average molecular weight is 239 g/mol. The molecule has 1 saturated carbocycles. The van der Waals surface area contributed by atoms with Crippen molar-refractivity contribution in [2.75, 3.05) is 0 Å². The first kappa shape index (κ1) is 11.3. The number of carboxylic acids is 1. The number of Topliss-reactive ketones (excluding diaryl/α,β-unsaturated/α-hetero) is 1. The fraction of sp³-hybridized carbons (Fsp3) is 0.545. The van der Waals surface area contributed by atoms with E-state index in [0.717, 1.165) is 17.7 Å². The van der Waals surface area contributed by atoms with Crippen molar-refractivity contribution in [1.29, 1.82) is 0 Å². The van der Waals surface area contributed by atoms with Crippen molar-refractivity contribution in [3.63, 3.8) is 0 Å². The fourth-order valence-corrected chi connectivity index (χ4v) is 2.92. The number of aliphatic carboxylic acids is 1. The van der Waals surface area contributed by atoms with Gasteiger partial charge < -0.3 is 5.11 Å². The van der Waals surface area contributed by atoms with Crippen molar-refractivity contribution in [2.24, 2.45) is 5.41 Å². The fourth-order valence-electron chi connectivity index (χ4n) is 2.21. The van der Waals surface area contributed by atoms with Crippen molar-refractivity contribution in [3.05, 3.63) is 16.6 Å². The number of carbonyl (C=O) groups excluding carboxylic acids is 1. The lowest BCUT2D eigenvalue weighted by molar-refractivity contribution is -0.157. The van der Waals surface area contributed by atoms with E-state index in [-0.39, 0.29) is 5.78 Å². The zero-order chi connectivity index (χ0) is 11.6. The summed E-state index contributed by atoms with van der Waals surface area (Å²) in [5, 5.41) is 9.32. The van der Waals surface area contributed by atoms with E-state index >= 15 is 0 Å². The third kappa shape index (κ3) is 1.87. The number of thiazole rings is 1. The van der Waals surface area contributed by atoms with Gasteiger partial charge in [-0.05, 0) is 12.8 Å². The zero-order valence-electron chi connectivity index (χ0n) is 8.81. The van der Waals surface area contributed by atoms with Crippen LogP contribution in [0.15, 0.2) is 11.7 Å². The molecule has 1 aromatic heterocycles. The molecule has 1 unspecified atom stereocenters. The highest BCUT2D eigenvalue weighted by atomic mass is 32.1. The molecule has 4 nitrogen and oxygen atoms in total. The number of aromatic nitrogens is 1. The van der Waals surface area contributed by atoms with Gasteiger partial charge in [0.2, 0.25) is 0 Å². The van der Waals surface area contributed by atoms with Crippen LogP contribution < -0.4 is 0 Å². The molecule has 1 atom stereocenters. The number of carboxylic acid groups (broad SMARTS) is 1. The molecule has 0 spiro atoms. The summed E-state index contributed by atoms with van der Waals surface area (Å²) in [4.78, 5) is 28.1. The molecular formula is C11H13NO3S. The van der Waals surface area contributed by atoms with Gasteiger partial charge in [-0.2, -0.15) is 0 Å². The quantitative estimate of drug-likeness (QED) is 0.818. The summed E-state index contributed by atoms with van der Waals surface area (Å²) in [5.74, 6) is -1.11. The van der Waals surface area contributed by atoms with Gasteiger partial charge in [-0.3, -0.25) is 14.6 Å². The van der Waals surface area contributed by atoms with Crippen LogP contribution in [-0.2, 0) is 16.0 Å². The first-order valence-corrected chi connectivity index (χ1v) is 6.17. The molecule has 0 saturated heterocycles. The van der Waals surface area contributed by atoms with E-state index in [4.69, 9.17) is 0 Å². The molecule has 2 rings (SSSR count). The van der Waals surface area contributed by atoms with Gasteiger partial charge in [0.05, 0.1) is 5.51 Å². The van der Waals surface area contributed by atoms with E-state index in [2.05, 4.69) is 4.98 Å². The van der Waals surface area contributed by atoms with Gasteiger partial charge in [0.1, 0.15) is 5.41 Å². The van der Waals surface area contributed by atoms with Crippen LogP contribution in [0.25, 0.3) is 0 Å². The maximum Gasteiger partial charge on any atom is 0.317 e. The van der Waals surface area contributed by atoms with Crippen LogP contribution >= 0.6 is 11.3 Å². The second kappa shape index (κ2) is 4.33. The molecule has 86 valence electrons. The molecule has 1 aliphatic rings. The van der Waals surface area contributed by atoms with E-state index in [1.54, 1.807) is 11.7 Å². The summed E-state index contributed by atoms with van der Waals surface area (Å²) in [6.45, 7) is 0. The topological polar surface area (TPSA) is 67.3 Å². The molecule has 1 fully saturated rings. The van der Waals surface area contributed by atoms with Crippen molar-refractivity contribution < 1.29 is 14.7 Å². The van der Waals surface area contributed by atoms with Crippen LogP contribution in [0.2, 0.25) is 0 Å². The largest absolute Gasteiger partial charge is 0.480 e. The van der Waals surface area contributed by atoms with Gasteiger partial charge in [-0.1, -0.05) is 6.42 Å². The minimum absolute atomic E-state index is 0.125. The van der Waals surface area contributed by atoms with E-state index in [9.17, 15) is 14.7 Å². The molecule has 16 heavy (non-hydrogen) atoms. The lowest BCUT2D eigenvalue weighted by atomic mass is 9.70. The number of ketones is 1. The Morgan fingerprint density at radius 2 is 2.38 bits per heavy atom. The monoisotopic (exact) mass is 239 g/mol. The third-order valence-corrected chi connectivity index (χ3v) is 3.94. The Bertz CT molecular complexity index is 401. The Kier molecular flexibility index (Phi) is 3.05. The molecule has 0 radical (unpaired) electrons. The van der Waals surface area contributed by atoms with Crippen LogP contribution in [0, 0.1) is 5.41 Å². The van der Waals surface area contributed by atoms with E-state index in [1.807, 2.05) is 0 Å². The predicted octanol–water partition coefficient (Wildman–Crippen LogP) is 1.90. The number of rotatable bonds is 3. The summed E-state index contributed by atoms with van der Waals surface area (Å²) in [6.07, 6.45) is 4.43. The first-order chi connectivity index (χ1) is 7.65. The van der Waals surface area contributed by atoms with Gasteiger partial charge in [-0.25, -0.2) is 0 Å². The predicted molar refractivity (Wildman–Crippen MR) is 59.4 cm³/mol. The Morgan fingerprint density at radius 3 is 2.94 bits per heavy atom. The maximum atomic E-state index is 11.9. The first-order valence-electron chi connectivity index (χ1n) is 5.29. The molecule has 1 N–H and O–H groups in total. The highest BCUT2D eigenvalue weighted by molar-refractivity contribution is 7.09. The zero-order valence-corrected chi connectivity index (χ0v) is 9.63. The highest BCUT2D eigenvalue weighted by Gasteiger charge is 2.46. The standard InChI is InChI=1S/C11H13NO3S/c13-9-3-1-2-4-11(9,10(14)15)5-8-6-12-7-16-8/h6-7H,1-5H2,(H,14,15). The summed E-state index contributed by atoms with van der Waals surface area (Å²) < 4.78 is 0. The molecule has 0 amide bonds. The van der Waals surface area contributed by atoms with E-state index in [0.29, 0.717) is 19.3 Å². The minimum atomic E-state index is -1.19. The van der Waals surface area contributed by atoms with Gasteiger partial charge in [0.25, 0.3) is 0 Å². The van der Waals surface area contributed by atoms with Crippen molar-refractivity contribution >= 4 is 23.1 Å². The van der Waals surface area contributed by atoms with Crippen LogP contribution in [0.5, 0.6) is 0 Å². The third-order valence-electron chi connectivity index (χ3n) is 3.16. The average Bonchev–Trinajstić information content (AvgIpc) is 2.74. The van der Waals surface area contributed by atoms with E-state index < -0.39 is 11.4 Å².